The molecular weight excluding hydrogens is 532 g/mol. The second-order valence-corrected chi connectivity index (χ2v) is 11.2. The first kappa shape index (κ1) is 25.8. The van der Waals surface area contributed by atoms with Gasteiger partial charge < -0.3 is 20.7 Å². The molecule has 4 heterocycles. The number of para-hydroxylation sites is 1. The third-order valence-electron chi connectivity index (χ3n) is 8.64. The van der Waals surface area contributed by atoms with E-state index in [1.165, 1.54) is 12.1 Å². The SMILES string of the molecule is N[C@H]1CN(c2c(NC(=O)c3ccc(=O)n(-c4c(F)cccc4F)n3)ccc3c2cnn3C2CCOCC2)CC12CC2. The van der Waals surface area contributed by atoms with Crippen molar-refractivity contribution >= 4 is 28.2 Å². The summed E-state index contributed by atoms with van der Waals surface area (Å²) in [5.41, 5.74) is 7.37. The fourth-order valence-electron chi connectivity index (χ4n) is 6.19. The summed E-state index contributed by atoms with van der Waals surface area (Å²) in [5, 5.41) is 12.6. The van der Waals surface area contributed by atoms with Crippen LogP contribution in [0, 0.1) is 17.0 Å². The fourth-order valence-corrected chi connectivity index (χ4v) is 6.19. The van der Waals surface area contributed by atoms with Gasteiger partial charge in [-0.25, -0.2) is 8.78 Å². The van der Waals surface area contributed by atoms with Crippen LogP contribution in [-0.2, 0) is 4.74 Å². The Hall–Kier alpha value is -4.16. The van der Waals surface area contributed by atoms with Gasteiger partial charge in [0.1, 0.15) is 11.4 Å². The highest BCUT2D eigenvalue weighted by molar-refractivity contribution is 6.09. The standard InChI is InChI=1S/C29H29F2N7O3/c30-19-2-1-3-20(31)27(19)38-25(39)7-5-22(35-38)28(40)34-21-4-6-23-18(14-33-37(23)17-8-12-41-13-9-17)26(21)36-15-24(32)29(16-36)10-11-29/h1-7,14,17,24H,8-13,15-16,32H2,(H,34,40)/t24-/m0/s1. The molecule has 1 spiro atoms. The summed E-state index contributed by atoms with van der Waals surface area (Å²) in [6.45, 7) is 2.78. The van der Waals surface area contributed by atoms with Crippen molar-refractivity contribution in [2.45, 2.75) is 37.8 Å². The number of nitrogens with two attached hydrogens (primary N) is 1. The molecule has 10 nitrogen and oxygen atoms in total. The van der Waals surface area contributed by atoms with Crippen LogP contribution in [0.25, 0.3) is 16.6 Å². The molecule has 2 saturated heterocycles. The lowest BCUT2D eigenvalue weighted by molar-refractivity contribution is 0.0675. The molecule has 0 unspecified atom stereocenters. The van der Waals surface area contributed by atoms with E-state index in [0.29, 0.717) is 30.1 Å². The van der Waals surface area contributed by atoms with E-state index in [0.717, 1.165) is 67.0 Å². The second-order valence-electron chi connectivity index (χ2n) is 11.2. The first-order chi connectivity index (χ1) is 19.8. The van der Waals surface area contributed by atoms with Gasteiger partial charge in [0.05, 0.1) is 29.1 Å². The van der Waals surface area contributed by atoms with Crippen LogP contribution in [0.4, 0.5) is 20.2 Å². The number of anilines is 2. The van der Waals surface area contributed by atoms with E-state index >= 15 is 0 Å². The summed E-state index contributed by atoms with van der Waals surface area (Å²) < 4.78 is 37.0. The van der Waals surface area contributed by atoms with Crippen molar-refractivity contribution in [1.29, 1.82) is 0 Å². The summed E-state index contributed by atoms with van der Waals surface area (Å²) in [5.74, 6) is -2.56. The molecule has 2 aromatic carbocycles. The van der Waals surface area contributed by atoms with Crippen LogP contribution in [0.3, 0.4) is 0 Å². The highest BCUT2D eigenvalue weighted by Crippen LogP contribution is 2.54. The van der Waals surface area contributed by atoms with Gasteiger partial charge in [-0.05, 0) is 56.0 Å². The number of halogens is 2. The zero-order chi connectivity index (χ0) is 28.3. The zero-order valence-electron chi connectivity index (χ0n) is 22.2. The van der Waals surface area contributed by atoms with E-state index < -0.39 is 28.8 Å². The lowest BCUT2D eigenvalue weighted by atomic mass is 10.0. The lowest BCUT2D eigenvalue weighted by Crippen LogP contribution is -2.30. The Kier molecular flexibility index (Phi) is 6.12. The molecule has 2 aromatic heterocycles. The number of benzene rings is 2. The van der Waals surface area contributed by atoms with Gasteiger partial charge >= 0.3 is 0 Å². The van der Waals surface area contributed by atoms with E-state index in [1.807, 2.05) is 23.0 Å². The number of hydrogen-bond donors (Lipinski definition) is 2. The average molecular weight is 562 g/mol. The van der Waals surface area contributed by atoms with Crippen molar-refractivity contribution < 1.29 is 18.3 Å². The Bertz CT molecular complexity index is 1710. The molecule has 4 aromatic rings. The van der Waals surface area contributed by atoms with Crippen molar-refractivity contribution in [1.82, 2.24) is 19.6 Å². The quantitative estimate of drug-likeness (QED) is 0.383. The second kappa shape index (κ2) is 9.74. The van der Waals surface area contributed by atoms with Gasteiger partial charge in [-0.2, -0.15) is 14.9 Å². The van der Waals surface area contributed by atoms with Crippen LogP contribution in [0.2, 0.25) is 0 Å². The maximum atomic E-state index is 14.4. The number of nitrogens with one attached hydrogen (secondary N) is 1. The van der Waals surface area contributed by atoms with Crippen molar-refractivity contribution in [3.63, 3.8) is 0 Å². The Morgan fingerprint density at radius 3 is 2.51 bits per heavy atom. The molecule has 1 atom stereocenters. The van der Waals surface area contributed by atoms with Gasteiger partial charge in [0.15, 0.2) is 11.6 Å². The molecule has 1 saturated carbocycles. The Morgan fingerprint density at radius 2 is 1.80 bits per heavy atom. The monoisotopic (exact) mass is 561 g/mol. The predicted octanol–water partition coefficient (Wildman–Crippen LogP) is 3.39. The third-order valence-corrected chi connectivity index (χ3v) is 8.64. The smallest absolute Gasteiger partial charge is 0.276 e. The molecular formula is C29H29F2N7O3. The molecule has 41 heavy (non-hydrogen) atoms. The highest BCUT2D eigenvalue weighted by atomic mass is 19.1. The maximum Gasteiger partial charge on any atom is 0.276 e. The van der Waals surface area contributed by atoms with Gasteiger partial charge in [-0.15, -0.1) is 0 Å². The molecule has 7 rings (SSSR count). The van der Waals surface area contributed by atoms with Crippen LogP contribution in [0.1, 0.15) is 42.2 Å². The summed E-state index contributed by atoms with van der Waals surface area (Å²) in [6.07, 6.45) is 5.71. The molecule has 1 amide bonds. The lowest BCUT2D eigenvalue weighted by Gasteiger charge is -2.25. The minimum absolute atomic E-state index is 0.0211. The van der Waals surface area contributed by atoms with Crippen LogP contribution < -0.4 is 21.5 Å². The number of amides is 1. The third kappa shape index (κ3) is 4.38. The number of carbonyl (C=O) groups is 1. The highest BCUT2D eigenvalue weighted by Gasteiger charge is 2.54. The predicted molar refractivity (Wildman–Crippen MR) is 148 cm³/mol. The number of rotatable bonds is 5. The topological polar surface area (TPSA) is 120 Å². The maximum absolute atomic E-state index is 14.4. The molecule has 1 aliphatic carbocycles. The van der Waals surface area contributed by atoms with Gasteiger partial charge in [0.2, 0.25) is 0 Å². The van der Waals surface area contributed by atoms with Crippen LogP contribution in [0.5, 0.6) is 0 Å². The Morgan fingerprint density at radius 1 is 1.05 bits per heavy atom. The minimum Gasteiger partial charge on any atom is -0.381 e. The minimum atomic E-state index is -0.967. The van der Waals surface area contributed by atoms with E-state index in [-0.39, 0.29) is 23.2 Å². The first-order valence-electron chi connectivity index (χ1n) is 13.8. The van der Waals surface area contributed by atoms with Crippen LogP contribution in [-0.4, -0.2) is 57.8 Å². The molecule has 3 fully saturated rings. The van der Waals surface area contributed by atoms with Gasteiger partial charge in [-0.3, -0.25) is 14.3 Å². The molecule has 0 bridgehead atoms. The summed E-state index contributed by atoms with van der Waals surface area (Å²) >= 11 is 0. The summed E-state index contributed by atoms with van der Waals surface area (Å²) in [6, 6.07) is 9.54. The first-order valence-corrected chi connectivity index (χ1v) is 13.8. The van der Waals surface area contributed by atoms with Crippen molar-refractivity contribution in [2.24, 2.45) is 11.1 Å². The van der Waals surface area contributed by atoms with Gasteiger partial charge in [-0.1, -0.05) is 6.07 Å². The van der Waals surface area contributed by atoms with E-state index in [1.54, 1.807) is 0 Å². The number of fused-ring (bicyclic) bond motifs is 1. The van der Waals surface area contributed by atoms with Crippen molar-refractivity contribution in [3.8, 4) is 5.69 Å². The Balaban J connectivity index is 1.27. The van der Waals surface area contributed by atoms with Gasteiger partial charge in [0, 0.05) is 49.2 Å². The molecule has 2 aliphatic heterocycles. The molecule has 3 N–H and O–H groups in total. The van der Waals surface area contributed by atoms with Crippen molar-refractivity contribution in [2.75, 3.05) is 36.5 Å². The van der Waals surface area contributed by atoms with Crippen LogP contribution >= 0.6 is 0 Å². The van der Waals surface area contributed by atoms with E-state index in [4.69, 9.17) is 15.6 Å². The van der Waals surface area contributed by atoms with E-state index in [2.05, 4.69) is 15.3 Å². The van der Waals surface area contributed by atoms with Crippen LogP contribution in [0.15, 0.2) is 53.5 Å². The number of aromatic nitrogens is 4. The molecule has 3 aliphatic rings. The fraction of sp³-hybridized carbons (Fsp3) is 0.379. The Labute approximate surface area is 233 Å². The zero-order valence-corrected chi connectivity index (χ0v) is 22.2. The number of nitrogens with zero attached hydrogens (tertiary/aromatic N) is 5. The van der Waals surface area contributed by atoms with E-state index in [9.17, 15) is 18.4 Å². The summed E-state index contributed by atoms with van der Waals surface area (Å²) in [4.78, 5) is 28.2. The molecule has 212 valence electrons. The number of ether oxygens (including phenoxy) is 1. The van der Waals surface area contributed by atoms with Crippen molar-refractivity contribution in [3.05, 3.63) is 76.3 Å². The molecule has 12 heteroatoms. The summed E-state index contributed by atoms with van der Waals surface area (Å²) in [7, 11) is 0. The largest absolute Gasteiger partial charge is 0.381 e. The molecule has 0 radical (unpaired) electrons. The number of hydrogen-bond acceptors (Lipinski definition) is 7. The normalized spacial score (nSPS) is 20.2. The average Bonchev–Trinajstić information content (AvgIpc) is 3.51. The van der Waals surface area contributed by atoms with Gasteiger partial charge in [0.25, 0.3) is 11.5 Å². The number of carbonyl (C=O) groups excluding carboxylic acids is 1.